The molecule has 6 heteroatoms. The van der Waals surface area contributed by atoms with Gasteiger partial charge in [-0.2, -0.15) is 0 Å². The van der Waals surface area contributed by atoms with Crippen molar-refractivity contribution < 1.29 is 29.6 Å². The van der Waals surface area contributed by atoms with Crippen molar-refractivity contribution in [1.82, 2.24) is 0 Å². The molecule has 1 unspecified atom stereocenters. The maximum Gasteiger partial charge on any atom is 0.199 e. The van der Waals surface area contributed by atoms with Crippen LogP contribution in [0.1, 0.15) is 87.0 Å². The SMILES string of the molecule is C[C@@H]1CC2O[C@]3(O[C@H]2C(C)(C)O)[C@H]1[C@@]1(C)C[C@H](O)[C@@]24C[C@@]25CCC(=O)C(C)(C)[C@@H]5CC=C4[C@]1(C)[C@H]3O. The number of aliphatic hydroxyl groups is 3. The molecule has 4 saturated carbocycles. The first-order valence-electron chi connectivity index (χ1n) is 14.2. The van der Waals surface area contributed by atoms with E-state index in [4.69, 9.17) is 9.47 Å². The van der Waals surface area contributed by atoms with Crippen LogP contribution in [0.5, 0.6) is 0 Å². The Morgan fingerprint density at radius 1 is 1.11 bits per heavy atom. The van der Waals surface area contributed by atoms with Gasteiger partial charge in [0.15, 0.2) is 5.79 Å². The summed E-state index contributed by atoms with van der Waals surface area (Å²) in [4.78, 5) is 12.9. The Kier molecular flexibility index (Phi) is 4.27. The Morgan fingerprint density at radius 3 is 2.47 bits per heavy atom. The molecule has 6 fully saturated rings. The van der Waals surface area contributed by atoms with E-state index in [1.807, 2.05) is 0 Å². The van der Waals surface area contributed by atoms with Crippen molar-refractivity contribution in [2.24, 2.45) is 44.8 Å². The Labute approximate surface area is 214 Å². The number of carbonyl (C=O) groups is 1. The standard InChI is InChI=1S/C30H44O6/c1-15-12-16-22(25(4,5)34)36-30(35-16)21(15)26(6)13-20(32)29-14-28(29)11-10-19(31)24(2,3)17(28)8-9-18(29)27(26,7)23(30)33/h9,15-17,20-23,32-34H,8,10-14H2,1-7H3/t15-,16?,17+,20+,21-,22-,23-,26-,27-,28-,29+,30+/m1/s1. The summed E-state index contributed by atoms with van der Waals surface area (Å²) < 4.78 is 13.4. The van der Waals surface area contributed by atoms with Gasteiger partial charge in [-0.05, 0) is 68.6 Å². The monoisotopic (exact) mass is 500 g/mol. The van der Waals surface area contributed by atoms with Crippen molar-refractivity contribution in [1.29, 1.82) is 0 Å². The molecular weight excluding hydrogens is 456 g/mol. The Morgan fingerprint density at radius 2 is 1.81 bits per heavy atom. The molecule has 0 amide bonds. The molecule has 5 aliphatic carbocycles. The summed E-state index contributed by atoms with van der Waals surface area (Å²) in [6.07, 6.45) is 4.58. The van der Waals surface area contributed by atoms with E-state index < -0.39 is 45.9 Å². The van der Waals surface area contributed by atoms with Crippen LogP contribution in [-0.2, 0) is 14.3 Å². The van der Waals surface area contributed by atoms with Crippen molar-refractivity contribution in [2.75, 3.05) is 0 Å². The van der Waals surface area contributed by atoms with Crippen LogP contribution in [-0.4, -0.2) is 56.9 Å². The number of rotatable bonds is 1. The molecule has 0 aromatic rings. The van der Waals surface area contributed by atoms with Gasteiger partial charge in [0.05, 0.1) is 17.8 Å². The van der Waals surface area contributed by atoms with Crippen molar-refractivity contribution >= 4 is 5.78 Å². The number of fused-ring (bicyclic) bond motifs is 4. The number of hydrogen-bond donors (Lipinski definition) is 3. The highest BCUT2D eigenvalue weighted by molar-refractivity contribution is 5.86. The highest BCUT2D eigenvalue weighted by atomic mass is 16.8. The molecule has 2 aliphatic heterocycles. The summed E-state index contributed by atoms with van der Waals surface area (Å²) in [5.41, 5.74) is -1.82. The summed E-state index contributed by atoms with van der Waals surface area (Å²) in [6, 6.07) is 0. The van der Waals surface area contributed by atoms with E-state index in [1.54, 1.807) is 13.8 Å². The maximum absolute atomic E-state index is 12.9. The lowest BCUT2D eigenvalue weighted by Crippen LogP contribution is -2.59. The number of aliphatic hydroxyl groups excluding tert-OH is 2. The van der Waals surface area contributed by atoms with Crippen molar-refractivity contribution in [3.05, 3.63) is 11.6 Å². The molecular formula is C30H44O6. The lowest BCUT2D eigenvalue weighted by Gasteiger charge is -2.60. The predicted octanol–water partition coefficient (Wildman–Crippen LogP) is 3.76. The van der Waals surface area contributed by atoms with Gasteiger partial charge in [-0.3, -0.25) is 4.79 Å². The number of ketones is 1. The van der Waals surface area contributed by atoms with Crippen LogP contribution in [0.2, 0.25) is 0 Å². The van der Waals surface area contributed by atoms with E-state index in [2.05, 4.69) is 40.7 Å². The van der Waals surface area contributed by atoms with Gasteiger partial charge in [0.25, 0.3) is 0 Å². The number of ether oxygens (including phenoxy) is 2. The second-order valence-electron chi connectivity index (χ2n) is 15.4. The van der Waals surface area contributed by atoms with Crippen molar-refractivity contribution in [2.45, 2.75) is 123 Å². The zero-order valence-electron chi connectivity index (χ0n) is 22.9. The third kappa shape index (κ3) is 2.20. The van der Waals surface area contributed by atoms with Gasteiger partial charge >= 0.3 is 0 Å². The van der Waals surface area contributed by atoms with E-state index in [0.29, 0.717) is 18.6 Å². The topological polar surface area (TPSA) is 96.2 Å². The molecule has 0 aromatic carbocycles. The molecule has 3 spiro atoms. The molecule has 200 valence electrons. The van der Waals surface area contributed by atoms with Gasteiger partial charge in [-0.25, -0.2) is 0 Å². The fourth-order valence-electron chi connectivity index (χ4n) is 11.7. The first kappa shape index (κ1) is 24.3. The summed E-state index contributed by atoms with van der Waals surface area (Å²) in [5, 5.41) is 35.4. The minimum absolute atomic E-state index is 0.0788. The molecule has 7 rings (SSSR count). The molecule has 0 aromatic heterocycles. The highest BCUT2D eigenvalue weighted by Gasteiger charge is 2.88. The summed E-state index contributed by atoms with van der Waals surface area (Å²) in [7, 11) is 0. The average Bonchev–Trinajstić information content (AvgIpc) is 3.32. The quantitative estimate of drug-likeness (QED) is 0.475. The summed E-state index contributed by atoms with van der Waals surface area (Å²) >= 11 is 0. The smallest absolute Gasteiger partial charge is 0.199 e. The second kappa shape index (κ2) is 6.33. The first-order chi connectivity index (χ1) is 16.5. The zero-order valence-corrected chi connectivity index (χ0v) is 22.9. The molecule has 3 N–H and O–H groups in total. The number of carbonyl (C=O) groups excluding carboxylic acids is 1. The van der Waals surface area contributed by atoms with E-state index in [9.17, 15) is 20.1 Å². The van der Waals surface area contributed by atoms with Crippen LogP contribution < -0.4 is 0 Å². The lowest BCUT2D eigenvalue weighted by molar-refractivity contribution is -0.280. The number of hydrogen-bond acceptors (Lipinski definition) is 6. The van der Waals surface area contributed by atoms with Gasteiger partial charge < -0.3 is 24.8 Å². The number of Topliss-reactive ketones (excluding diaryl/α,β-unsaturated/α-hetero) is 1. The average molecular weight is 501 g/mol. The lowest BCUT2D eigenvalue weighted by atomic mass is 9.44. The minimum atomic E-state index is -1.19. The van der Waals surface area contributed by atoms with Gasteiger partial charge in [-0.15, -0.1) is 0 Å². The molecule has 12 atom stereocenters. The van der Waals surface area contributed by atoms with Gasteiger partial charge in [-0.1, -0.05) is 46.3 Å². The Balaban J connectivity index is 1.40. The molecule has 2 heterocycles. The van der Waals surface area contributed by atoms with E-state index >= 15 is 0 Å². The van der Waals surface area contributed by atoms with Crippen LogP contribution in [0.25, 0.3) is 0 Å². The molecule has 2 saturated heterocycles. The van der Waals surface area contributed by atoms with Gasteiger partial charge in [0, 0.05) is 28.6 Å². The minimum Gasteiger partial charge on any atom is -0.392 e. The second-order valence-corrected chi connectivity index (χ2v) is 15.4. The third-order valence-corrected chi connectivity index (χ3v) is 13.3. The molecule has 36 heavy (non-hydrogen) atoms. The van der Waals surface area contributed by atoms with E-state index in [-0.39, 0.29) is 34.7 Å². The van der Waals surface area contributed by atoms with Crippen LogP contribution in [0.4, 0.5) is 0 Å². The zero-order chi connectivity index (χ0) is 26.1. The van der Waals surface area contributed by atoms with Gasteiger partial charge in [0.1, 0.15) is 18.0 Å². The van der Waals surface area contributed by atoms with Crippen LogP contribution in [0, 0.1) is 44.8 Å². The van der Waals surface area contributed by atoms with Crippen molar-refractivity contribution in [3.63, 3.8) is 0 Å². The molecule has 2 bridgehead atoms. The Hall–Kier alpha value is -0.790. The van der Waals surface area contributed by atoms with E-state index in [0.717, 1.165) is 25.7 Å². The number of allylic oxidation sites excluding steroid dienone is 1. The third-order valence-electron chi connectivity index (χ3n) is 13.3. The summed E-state index contributed by atoms with van der Waals surface area (Å²) in [6.45, 7) is 14.4. The molecule has 0 radical (unpaired) electrons. The van der Waals surface area contributed by atoms with Crippen LogP contribution >= 0.6 is 0 Å². The molecule has 7 aliphatic rings. The highest BCUT2D eigenvalue weighted by Crippen LogP contribution is 2.88. The van der Waals surface area contributed by atoms with Gasteiger partial charge in [0.2, 0.25) is 0 Å². The normalized spacial score (nSPS) is 60.3. The largest absolute Gasteiger partial charge is 0.392 e. The van der Waals surface area contributed by atoms with Crippen molar-refractivity contribution in [3.8, 4) is 0 Å². The fourth-order valence-corrected chi connectivity index (χ4v) is 11.7. The fraction of sp³-hybridized carbons (Fsp3) is 0.900. The summed E-state index contributed by atoms with van der Waals surface area (Å²) in [5.74, 6) is -0.509. The first-order valence-corrected chi connectivity index (χ1v) is 14.2. The maximum atomic E-state index is 12.9. The Bertz CT molecular complexity index is 1090. The van der Waals surface area contributed by atoms with Crippen LogP contribution in [0.3, 0.4) is 0 Å². The molecule has 6 nitrogen and oxygen atoms in total. The van der Waals surface area contributed by atoms with Crippen LogP contribution in [0.15, 0.2) is 11.6 Å². The predicted molar refractivity (Wildman–Crippen MR) is 133 cm³/mol. The van der Waals surface area contributed by atoms with E-state index in [1.165, 1.54) is 5.57 Å².